The lowest BCUT2D eigenvalue weighted by atomic mass is 10.1. The molecule has 6 nitrogen and oxygen atoms in total. The number of ketones is 1. The zero-order valence-electron chi connectivity index (χ0n) is 12.7. The highest BCUT2D eigenvalue weighted by molar-refractivity contribution is 6.01. The maximum Gasteiger partial charge on any atom is 0.355 e. The Morgan fingerprint density at radius 1 is 1.14 bits per heavy atom. The van der Waals surface area contributed by atoms with Gasteiger partial charge in [0.15, 0.2) is 6.61 Å². The van der Waals surface area contributed by atoms with Crippen LogP contribution in [0.2, 0.25) is 0 Å². The summed E-state index contributed by atoms with van der Waals surface area (Å²) in [4.78, 5) is 24.0. The van der Waals surface area contributed by atoms with Gasteiger partial charge in [0.05, 0.1) is 19.8 Å². The van der Waals surface area contributed by atoms with Crippen LogP contribution < -0.4 is 9.47 Å². The van der Waals surface area contributed by atoms with Gasteiger partial charge in [0.25, 0.3) is 0 Å². The molecule has 1 heterocycles. The minimum absolute atomic E-state index is 0.336. The van der Waals surface area contributed by atoms with Gasteiger partial charge in [0.2, 0.25) is 5.78 Å². The van der Waals surface area contributed by atoms with Crippen LogP contribution in [-0.2, 0) is 11.8 Å². The molecule has 2 rings (SSSR count). The zero-order valence-corrected chi connectivity index (χ0v) is 12.7. The van der Waals surface area contributed by atoms with Crippen LogP contribution in [0.15, 0.2) is 36.5 Å². The molecule has 0 spiro atoms. The first-order valence-electron chi connectivity index (χ1n) is 6.60. The Labute approximate surface area is 128 Å². The molecule has 2 aromatic rings. The average Bonchev–Trinajstić information content (AvgIpc) is 2.97. The summed E-state index contributed by atoms with van der Waals surface area (Å²) in [6, 6.07) is 8.18. The number of Topliss-reactive ketones (excluding diaryl/α,β-unsaturated/α-hetero) is 1. The molecule has 0 N–H and O–H groups in total. The van der Waals surface area contributed by atoms with Gasteiger partial charge in [-0.2, -0.15) is 0 Å². The summed E-state index contributed by atoms with van der Waals surface area (Å²) in [5, 5.41) is 0. The van der Waals surface area contributed by atoms with E-state index in [2.05, 4.69) is 0 Å². The Kier molecular flexibility index (Phi) is 4.83. The Hall–Kier alpha value is -2.76. The number of aromatic nitrogens is 1. The molecule has 0 unspecified atom stereocenters. The molecule has 1 aromatic heterocycles. The summed E-state index contributed by atoms with van der Waals surface area (Å²) in [5.74, 6) is 0.0591. The van der Waals surface area contributed by atoms with Crippen molar-refractivity contribution in [3.8, 4) is 11.5 Å². The van der Waals surface area contributed by atoms with Crippen molar-refractivity contribution >= 4 is 11.8 Å². The molecular weight excluding hydrogens is 286 g/mol. The number of methoxy groups -OCH3 is 2. The number of rotatable bonds is 6. The third kappa shape index (κ3) is 3.28. The summed E-state index contributed by atoms with van der Waals surface area (Å²) in [6.45, 7) is -0.354. The minimum atomic E-state index is -0.548. The molecule has 22 heavy (non-hydrogen) atoms. The molecule has 0 saturated carbocycles. The SMILES string of the molecule is COc1ccc(C(=O)COC(=O)c2cccn2C)c(OC)c1. The van der Waals surface area contributed by atoms with E-state index in [-0.39, 0.29) is 12.4 Å². The molecule has 0 radical (unpaired) electrons. The van der Waals surface area contributed by atoms with Crippen LogP contribution >= 0.6 is 0 Å². The number of nitrogens with zero attached hydrogens (tertiary/aromatic N) is 1. The van der Waals surface area contributed by atoms with Crippen LogP contribution in [0.1, 0.15) is 20.8 Å². The number of hydrogen-bond acceptors (Lipinski definition) is 5. The monoisotopic (exact) mass is 303 g/mol. The van der Waals surface area contributed by atoms with E-state index in [4.69, 9.17) is 14.2 Å². The second-order valence-corrected chi connectivity index (χ2v) is 4.57. The van der Waals surface area contributed by atoms with Crippen LogP contribution in [-0.4, -0.2) is 37.1 Å². The van der Waals surface area contributed by atoms with E-state index < -0.39 is 5.97 Å². The van der Waals surface area contributed by atoms with Crippen molar-refractivity contribution in [3.05, 3.63) is 47.8 Å². The number of carbonyl (C=O) groups excluding carboxylic acids is 2. The highest BCUT2D eigenvalue weighted by atomic mass is 16.5. The topological polar surface area (TPSA) is 66.8 Å². The lowest BCUT2D eigenvalue weighted by Gasteiger charge is -2.10. The van der Waals surface area contributed by atoms with Crippen LogP contribution in [0.25, 0.3) is 0 Å². The molecule has 0 saturated heterocycles. The second kappa shape index (κ2) is 6.80. The van der Waals surface area contributed by atoms with Gasteiger partial charge >= 0.3 is 5.97 Å². The van der Waals surface area contributed by atoms with E-state index in [9.17, 15) is 9.59 Å². The number of hydrogen-bond donors (Lipinski definition) is 0. The van der Waals surface area contributed by atoms with Crippen LogP contribution in [0, 0.1) is 0 Å². The average molecular weight is 303 g/mol. The second-order valence-electron chi connectivity index (χ2n) is 4.57. The zero-order chi connectivity index (χ0) is 16.1. The normalized spacial score (nSPS) is 10.1. The predicted octanol–water partition coefficient (Wildman–Crippen LogP) is 2.08. The predicted molar refractivity (Wildman–Crippen MR) is 79.6 cm³/mol. The van der Waals surface area contributed by atoms with E-state index in [0.29, 0.717) is 22.8 Å². The summed E-state index contributed by atoms with van der Waals surface area (Å²) in [6.07, 6.45) is 1.73. The van der Waals surface area contributed by atoms with Gasteiger partial charge in [-0.1, -0.05) is 0 Å². The summed E-state index contributed by atoms with van der Waals surface area (Å²) >= 11 is 0. The van der Waals surface area contributed by atoms with Gasteiger partial charge in [-0.15, -0.1) is 0 Å². The molecule has 0 aliphatic rings. The van der Waals surface area contributed by atoms with Gasteiger partial charge in [0, 0.05) is 19.3 Å². The first kappa shape index (κ1) is 15.6. The molecule has 0 aliphatic heterocycles. The van der Waals surface area contributed by atoms with E-state index >= 15 is 0 Å². The molecule has 0 fully saturated rings. The van der Waals surface area contributed by atoms with E-state index in [0.717, 1.165) is 0 Å². The number of benzene rings is 1. The van der Waals surface area contributed by atoms with Crippen molar-refractivity contribution < 1.29 is 23.8 Å². The summed E-state index contributed by atoms with van der Waals surface area (Å²) in [5.41, 5.74) is 0.720. The van der Waals surface area contributed by atoms with Gasteiger partial charge in [-0.05, 0) is 24.3 Å². The Morgan fingerprint density at radius 2 is 1.91 bits per heavy atom. The molecule has 0 amide bonds. The van der Waals surface area contributed by atoms with Crippen molar-refractivity contribution in [2.24, 2.45) is 7.05 Å². The van der Waals surface area contributed by atoms with Crippen LogP contribution in [0.4, 0.5) is 0 Å². The van der Waals surface area contributed by atoms with Crippen LogP contribution in [0.3, 0.4) is 0 Å². The quantitative estimate of drug-likeness (QED) is 0.604. The summed E-state index contributed by atoms with van der Waals surface area (Å²) in [7, 11) is 4.71. The first-order chi connectivity index (χ1) is 10.6. The third-order valence-electron chi connectivity index (χ3n) is 3.20. The maximum atomic E-state index is 12.2. The Bertz CT molecular complexity index is 690. The van der Waals surface area contributed by atoms with Crippen molar-refractivity contribution in [1.29, 1.82) is 0 Å². The van der Waals surface area contributed by atoms with Gasteiger partial charge in [0.1, 0.15) is 17.2 Å². The highest BCUT2D eigenvalue weighted by Crippen LogP contribution is 2.25. The van der Waals surface area contributed by atoms with E-state index in [1.54, 1.807) is 48.1 Å². The fourth-order valence-electron chi connectivity index (χ4n) is 1.98. The number of aryl methyl sites for hydroxylation is 1. The molecule has 0 atom stereocenters. The lowest BCUT2D eigenvalue weighted by Crippen LogP contribution is -2.16. The van der Waals surface area contributed by atoms with Crippen molar-refractivity contribution in [2.45, 2.75) is 0 Å². The lowest BCUT2D eigenvalue weighted by molar-refractivity contribution is 0.0464. The highest BCUT2D eigenvalue weighted by Gasteiger charge is 2.17. The third-order valence-corrected chi connectivity index (χ3v) is 3.20. The fourth-order valence-corrected chi connectivity index (χ4v) is 1.98. The van der Waals surface area contributed by atoms with Crippen molar-refractivity contribution in [2.75, 3.05) is 20.8 Å². The minimum Gasteiger partial charge on any atom is -0.497 e. The molecular formula is C16H17NO5. The van der Waals surface area contributed by atoms with Gasteiger partial charge < -0.3 is 18.8 Å². The number of carbonyl (C=O) groups is 2. The van der Waals surface area contributed by atoms with Gasteiger partial charge in [-0.3, -0.25) is 4.79 Å². The number of ether oxygens (including phenoxy) is 3. The molecule has 116 valence electrons. The fraction of sp³-hybridized carbons (Fsp3) is 0.250. The molecule has 0 aliphatic carbocycles. The van der Waals surface area contributed by atoms with E-state index in [1.165, 1.54) is 14.2 Å². The Morgan fingerprint density at radius 3 is 2.50 bits per heavy atom. The van der Waals surface area contributed by atoms with Gasteiger partial charge in [-0.25, -0.2) is 4.79 Å². The first-order valence-corrected chi connectivity index (χ1v) is 6.60. The van der Waals surface area contributed by atoms with Crippen molar-refractivity contribution in [3.63, 3.8) is 0 Å². The maximum absolute atomic E-state index is 12.2. The standard InChI is InChI=1S/C16H17NO5/c1-17-8-4-5-13(17)16(19)22-10-14(18)12-7-6-11(20-2)9-15(12)21-3/h4-9H,10H2,1-3H3. The van der Waals surface area contributed by atoms with E-state index in [1.807, 2.05) is 0 Å². The van der Waals surface area contributed by atoms with Crippen molar-refractivity contribution in [1.82, 2.24) is 4.57 Å². The summed E-state index contributed by atoms with van der Waals surface area (Å²) < 4.78 is 16.9. The Balaban J connectivity index is 2.06. The molecule has 6 heteroatoms. The smallest absolute Gasteiger partial charge is 0.355 e. The van der Waals surface area contributed by atoms with Crippen LogP contribution in [0.5, 0.6) is 11.5 Å². The largest absolute Gasteiger partial charge is 0.497 e. The molecule has 0 bridgehead atoms. The molecule has 1 aromatic carbocycles. The number of esters is 1.